The molecule has 7 nitrogen and oxygen atoms in total. The lowest BCUT2D eigenvalue weighted by Gasteiger charge is -2.07. The molecule has 0 saturated heterocycles. The first-order chi connectivity index (χ1) is 11.4. The van der Waals surface area contributed by atoms with Gasteiger partial charge in [0.05, 0.1) is 17.9 Å². The number of thiazole rings is 1. The smallest absolute Gasteiger partial charge is 0.309 e. The number of hydrogen-bond donors (Lipinski definition) is 3. The molecule has 0 spiro atoms. The number of rotatable bonds is 7. The highest BCUT2D eigenvalue weighted by Crippen LogP contribution is 2.23. The van der Waals surface area contributed by atoms with Crippen LogP contribution in [0, 0.1) is 0 Å². The van der Waals surface area contributed by atoms with Gasteiger partial charge in [0.1, 0.15) is 0 Å². The van der Waals surface area contributed by atoms with Crippen LogP contribution >= 0.6 is 23.1 Å². The van der Waals surface area contributed by atoms with Gasteiger partial charge in [-0.3, -0.25) is 14.4 Å². The Morgan fingerprint density at radius 2 is 1.96 bits per heavy atom. The van der Waals surface area contributed by atoms with Gasteiger partial charge >= 0.3 is 5.97 Å². The summed E-state index contributed by atoms with van der Waals surface area (Å²) in [6, 6.07) is 6.85. The molecule has 0 fully saturated rings. The fourth-order valence-electron chi connectivity index (χ4n) is 1.79. The monoisotopic (exact) mass is 365 g/mol. The Balaban J connectivity index is 1.86. The molecule has 9 heteroatoms. The SMILES string of the molecule is CC(=O)Nc1cccc(NC(=O)CSc2nc(CC(=O)O)cs2)c1. The predicted molar refractivity (Wildman–Crippen MR) is 93.6 cm³/mol. The van der Waals surface area contributed by atoms with E-state index < -0.39 is 5.97 Å². The topological polar surface area (TPSA) is 108 Å². The Labute approximate surface area is 146 Å². The molecule has 0 aliphatic rings. The van der Waals surface area contributed by atoms with Crippen LogP contribution in [0.15, 0.2) is 34.0 Å². The van der Waals surface area contributed by atoms with Gasteiger partial charge in [0, 0.05) is 23.7 Å². The minimum atomic E-state index is -0.936. The summed E-state index contributed by atoms with van der Waals surface area (Å²) in [5, 5.41) is 15.8. The molecule has 2 amide bonds. The van der Waals surface area contributed by atoms with E-state index in [1.165, 1.54) is 30.0 Å². The van der Waals surface area contributed by atoms with E-state index in [1.807, 2.05) is 0 Å². The standard InChI is InChI=1S/C15H15N3O4S2/c1-9(19)16-10-3-2-4-11(5-10)17-13(20)8-24-15-18-12(7-23-15)6-14(21)22/h2-5,7H,6,8H2,1H3,(H,16,19)(H,17,20)(H,21,22). The van der Waals surface area contributed by atoms with Gasteiger partial charge in [0.2, 0.25) is 11.8 Å². The second-order valence-corrected chi connectivity index (χ2v) is 6.85. The van der Waals surface area contributed by atoms with Gasteiger partial charge in [-0.05, 0) is 18.2 Å². The number of thioether (sulfide) groups is 1. The van der Waals surface area contributed by atoms with Crippen LogP contribution < -0.4 is 10.6 Å². The van der Waals surface area contributed by atoms with Crippen molar-refractivity contribution in [3.63, 3.8) is 0 Å². The molecule has 1 heterocycles. The molecule has 24 heavy (non-hydrogen) atoms. The van der Waals surface area contributed by atoms with Crippen LogP contribution in [0.2, 0.25) is 0 Å². The molecule has 126 valence electrons. The van der Waals surface area contributed by atoms with Gasteiger partial charge in [0.15, 0.2) is 4.34 Å². The van der Waals surface area contributed by atoms with Crippen LogP contribution in [-0.4, -0.2) is 33.6 Å². The summed E-state index contributed by atoms with van der Waals surface area (Å²) in [5.41, 5.74) is 1.67. The summed E-state index contributed by atoms with van der Waals surface area (Å²) in [6.45, 7) is 1.41. The minimum absolute atomic E-state index is 0.126. The third-order valence-electron chi connectivity index (χ3n) is 2.66. The number of nitrogens with zero attached hydrogens (tertiary/aromatic N) is 1. The number of carboxylic acids is 1. The van der Waals surface area contributed by atoms with Crippen molar-refractivity contribution in [1.82, 2.24) is 4.98 Å². The molecule has 0 atom stereocenters. The summed E-state index contributed by atoms with van der Waals surface area (Å²) in [6.07, 6.45) is -0.126. The van der Waals surface area contributed by atoms with E-state index in [0.29, 0.717) is 21.4 Å². The molecule has 1 aromatic heterocycles. The highest BCUT2D eigenvalue weighted by Gasteiger charge is 2.09. The number of benzene rings is 1. The van der Waals surface area contributed by atoms with Gasteiger partial charge in [-0.2, -0.15) is 0 Å². The summed E-state index contributed by atoms with van der Waals surface area (Å²) < 4.78 is 0.647. The maximum Gasteiger partial charge on any atom is 0.309 e. The van der Waals surface area contributed by atoms with E-state index in [9.17, 15) is 14.4 Å². The second kappa shape index (κ2) is 8.46. The van der Waals surface area contributed by atoms with Gasteiger partial charge in [-0.1, -0.05) is 17.8 Å². The maximum absolute atomic E-state index is 12.0. The van der Waals surface area contributed by atoms with Crippen LogP contribution in [0.4, 0.5) is 11.4 Å². The zero-order valence-electron chi connectivity index (χ0n) is 12.7. The van der Waals surface area contributed by atoms with Crippen LogP contribution in [0.5, 0.6) is 0 Å². The molecule has 3 N–H and O–H groups in total. The Morgan fingerprint density at radius 1 is 1.25 bits per heavy atom. The molecule has 0 aliphatic heterocycles. The number of carbonyl (C=O) groups excluding carboxylic acids is 2. The van der Waals surface area contributed by atoms with Crippen molar-refractivity contribution < 1.29 is 19.5 Å². The van der Waals surface area contributed by atoms with Crippen LogP contribution in [0.1, 0.15) is 12.6 Å². The molecular formula is C15H15N3O4S2. The predicted octanol–water partition coefficient (Wildman–Crippen LogP) is 2.46. The maximum atomic E-state index is 12.0. The Morgan fingerprint density at radius 3 is 2.62 bits per heavy atom. The van der Waals surface area contributed by atoms with Crippen molar-refractivity contribution in [3.05, 3.63) is 35.3 Å². The summed E-state index contributed by atoms with van der Waals surface area (Å²) in [4.78, 5) is 37.8. The molecule has 1 aromatic carbocycles. The Hall–Kier alpha value is -2.39. The summed E-state index contributed by atoms with van der Waals surface area (Å²) >= 11 is 2.55. The number of hydrogen-bond acceptors (Lipinski definition) is 6. The van der Waals surface area contributed by atoms with E-state index in [4.69, 9.17) is 5.11 Å². The molecule has 2 rings (SSSR count). The van der Waals surface area contributed by atoms with Gasteiger partial charge in [0.25, 0.3) is 0 Å². The molecule has 0 radical (unpaired) electrons. The van der Waals surface area contributed by atoms with E-state index >= 15 is 0 Å². The lowest BCUT2D eigenvalue weighted by atomic mass is 10.2. The molecule has 0 saturated carbocycles. The third kappa shape index (κ3) is 6.01. The first kappa shape index (κ1) is 18.0. The number of aromatic nitrogens is 1. The lowest BCUT2D eigenvalue weighted by molar-refractivity contribution is -0.136. The van der Waals surface area contributed by atoms with Gasteiger partial charge < -0.3 is 15.7 Å². The lowest BCUT2D eigenvalue weighted by Crippen LogP contribution is -2.14. The van der Waals surface area contributed by atoms with Crippen molar-refractivity contribution in [2.24, 2.45) is 0 Å². The van der Waals surface area contributed by atoms with Gasteiger partial charge in [-0.15, -0.1) is 11.3 Å². The normalized spacial score (nSPS) is 10.2. The summed E-state index contributed by atoms with van der Waals surface area (Å²) in [7, 11) is 0. The average Bonchev–Trinajstić information content (AvgIpc) is 2.91. The van der Waals surface area contributed by atoms with E-state index in [2.05, 4.69) is 15.6 Å². The highest BCUT2D eigenvalue weighted by molar-refractivity contribution is 8.01. The average molecular weight is 365 g/mol. The van der Waals surface area contributed by atoms with Crippen LogP contribution in [-0.2, 0) is 20.8 Å². The Bertz CT molecular complexity index is 761. The van der Waals surface area contributed by atoms with Crippen LogP contribution in [0.3, 0.4) is 0 Å². The van der Waals surface area contributed by atoms with Crippen LogP contribution in [0.25, 0.3) is 0 Å². The molecule has 2 aromatic rings. The fourth-order valence-corrected chi connectivity index (χ4v) is 3.44. The van der Waals surface area contributed by atoms with E-state index in [0.717, 1.165) is 0 Å². The Kier molecular flexibility index (Phi) is 6.33. The minimum Gasteiger partial charge on any atom is -0.481 e. The third-order valence-corrected chi connectivity index (χ3v) is 4.73. The number of nitrogens with one attached hydrogen (secondary N) is 2. The zero-order valence-corrected chi connectivity index (χ0v) is 14.4. The zero-order chi connectivity index (χ0) is 17.5. The largest absolute Gasteiger partial charge is 0.481 e. The first-order valence-electron chi connectivity index (χ1n) is 6.89. The molecule has 0 unspecified atom stereocenters. The fraction of sp³-hybridized carbons (Fsp3) is 0.200. The summed E-state index contributed by atoms with van der Waals surface area (Å²) in [5.74, 6) is -1.18. The van der Waals surface area contributed by atoms with E-state index in [-0.39, 0.29) is 24.0 Å². The second-order valence-electron chi connectivity index (χ2n) is 4.77. The van der Waals surface area contributed by atoms with Gasteiger partial charge in [-0.25, -0.2) is 4.98 Å². The van der Waals surface area contributed by atoms with E-state index in [1.54, 1.807) is 29.6 Å². The van der Waals surface area contributed by atoms with Crippen molar-refractivity contribution in [2.75, 3.05) is 16.4 Å². The number of carboxylic acid groups (broad SMARTS) is 1. The van der Waals surface area contributed by atoms with Crippen molar-refractivity contribution in [2.45, 2.75) is 17.7 Å². The number of carbonyl (C=O) groups is 3. The first-order valence-corrected chi connectivity index (χ1v) is 8.75. The van der Waals surface area contributed by atoms with Crippen molar-refractivity contribution >= 4 is 52.3 Å². The highest BCUT2D eigenvalue weighted by atomic mass is 32.2. The van der Waals surface area contributed by atoms with Crippen molar-refractivity contribution in [1.29, 1.82) is 0 Å². The van der Waals surface area contributed by atoms with Crippen molar-refractivity contribution in [3.8, 4) is 0 Å². The molecule has 0 bridgehead atoms. The molecular weight excluding hydrogens is 350 g/mol. The number of amides is 2. The quantitative estimate of drug-likeness (QED) is 0.651. The molecule has 0 aliphatic carbocycles. The number of aliphatic carboxylic acids is 1. The number of anilines is 2.